The summed E-state index contributed by atoms with van der Waals surface area (Å²) in [4.78, 5) is 19.2. The first-order valence-electron chi connectivity index (χ1n) is 9.66. The van der Waals surface area contributed by atoms with Crippen molar-refractivity contribution in [3.8, 4) is 0 Å². The fourth-order valence-electron chi connectivity index (χ4n) is 3.87. The van der Waals surface area contributed by atoms with Gasteiger partial charge in [0.2, 0.25) is 0 Å². The van der Waals surface area contributed by atoms with Crippen molar-refractivity contribution in [3.63, 3.8) is 0 Å². The second-order valence-electron chi connectivity index (χ2n) is 7.72. The van der Waals surface area contributed by atoms with Crippen LogP contribution in [0.3, 0.4) is 0 Å². The van der Waals surface area contributed by atoms with E-state index in [-0.39, 0.29) is 17.9 Å². The number of benzene rings is 2. The van der Waals surface area contributed by atoms with Crippen LogP contribution in [-0.2, 0) is 6.54 Å². The second-order valence-corrected chi connectivity index (χ2v) is 8.59. The summed E-state index contributed by atoms with van der Waals surface area (Å²) in [6, 6.07) is 9.94. The number of carbonyl (C=O) groups is 1. The summed E-state index contributed by atoms with van der Waals surface area (Å²) in [7, 11) is 3.83. The largest absolute Gasteiger partial charge is 0.323 e. The third-order valence-corrected chi connectivity index (χ3v) is 5.82. The van der Waals surface area contributed by atoms with Crippen LogP contribution in [0.2, 0.25) is 10.0 Å². The number of nitrogens with zero attached hydrogens (tertiary/aromatic N) is 3. The molecule has 1 saturated heterocycles. The fraction of sp³-hybridized carbons (Fsp3) is 0.409. The van der Waals surface area contributed by atoms with Crippen LogP contribution < -0.4 is 0 Å². The van der Waals surface area contributed by atoms with Gasteiger partial charge in [0.25, 0.3) is 0 Å². The second kappa shape index (κ2) is 9.33. The molecule has 0 bridgehead atoms. The predicted octanol–water partition coefficient (Wildman–Crippen LogP) is 5.37. The van der Waals surface area contributed by atoms with Crippen molar-refractivity contribution in [1.82, 2.24) is 14.7 Å². The average Bonchev–Trinajstić information content (AvgIpc) is 2.82. The molecule has 1 atom stereocenters. The number of rotatable bonds is 3. The molecule has 0 saturated carbocycles. The molecule has 0 unspecified atom stereocenters. The summed E-state index contributed by atoms with van der Waals surface area (Å²) < 4.78 is 13.6. The van der Waals surface area contributed by atoms with Gasteiger partial charge in [0.05, 0.1) is 6.04 Å². The Morgan fingerprint density at radius 3 is 2.48 bits per heavy atom. The van der Waals surface area contributed by atoms with Gasteiger partial charge in [0.15, 0.2) is 0 Å². The van der Waals surface area contributed by atoms with Crippen LogP contribution in [0.25, 0.3) is 0 Å². The molecule has 0 N–H and O–H groups in total. The average molecular weight is 438 g/mol. The number of carbonyl (C=O) groups excluding carboxylic acids is 1. The molecule has 7 heteroatoms. The maximum absolute atomic E-state index is 13.6. The van der Waals surface area contributed by atoms with E-state index in [1.165, 1.54) is 12.1 Å². The zero-order valence-electron chi connectivity index (χ0n) is 17.0. The van der Waals surface area contributed by atoms with E-state index in [0.717, 1.165) is 36.2 Å². The van der Waals surface area contributed by atoms with E-state index in [9.17, 15) is 9.18 Å². The number of urea groups is 1. The van der Waals surface area contributed by atoms with Crippen molar-refractivity contribution in [3.05, 3.63) is 69.0 Å². The predicted molar refractivity (Wildman–Crippen MR) is 116 cm³/mol. The van der Waals surface area contributed by atoms with Gasteiger partial charge in [-0.3, -0.25) is 0 Å². The van der Waals surface area contributed by atoms with Crippen LogP contribution in [0.4, 0.5) is 9.18 Å². The molecule has 2 aromatic carbocycles. The van der Waals surface area contributed by atoms with Crippen molar-refractivity contribution < 1.29 is 9.18 Å². The summed E-state index contributed by atoms with van der Waals surface area (Å²) in [5, 5.41) is 1.09. The summed E-state index contributed by atoms with van der Waals surface area (Å²) in [6.07, 6.45) is 0.797. The fourth-order valence-corrected chi connectivity index (χ4v) is 4.44. The molecule has 4 nitrogen and oxygen atoms in total. The standard InChI is InChI=1S/C22H26Cl2FN3O/c1-15-10-19(25)4-5-20(15)21-6-7-26(2)8-9-28(21)22(29)27(3)14-16-11-17(23)13-18(24)12-16/h4-5,10-13,21H,6-9,14H2,1-3H3/t21-/m1/s1. The summed E-state index contributed by atoms with van der Waals surface area (Å²) in [5.74, 6) is -0.259. The minimum Gasteiger partial charge on any atom is -0.323 e. The number of hydrogen-bond donors (Lipinski definition) is 0. The number of likely N-dealkylation sites (N-methyl/N-ethyl adjacent to an activating group) is 1. The zero-order valence-corrected chi connectivity index (χ0v) is 18.5. The Morgan fingerprint density at radius 1 is 1.14 bits per heavy atom. The number of aryl methyl sites for hydroxylation is 1. The quantitative estimate of drug-likeness (QED) is 0.644. The molecule has 0 aliphatic carbocycles. The van der Waals surface area contributed by atoms with E-state index >= 15 is 0 Å². The first kappa shape index (κ1) is 21.9. The van der Waals surface area contributed by atoms with Gasteiger partial charge < -0.3 is 14.7 Å². The summed E-state index contributed by atoms with van der Waals surface area (Å²) in [6.45, 7) is 4.57. The molecule has 2 amide bonds. The highest BCUT2D eigenvalue weighted by molar-refractivity contribution is 6.34. The van der Waals surface area contributed by atoms with Crippen molar-refractivity contribution in [2.75, 3.05) is 33.7 Å². The lowest BCUT2D eigenvalue weighted by molar-refractivity contribution is 0.142. The normalized spacial score (nSPS) is 17.9. The first-order valence-corrected chi connectivity index (χ1v) is 10.4. The molecule has 3 rings (SSSR count). The highest BCUT2D eigenvalue weighted by Crippen LogP contribution is 2.31. The molecule has 0 spiro atoms. The van der Waals surface area contributed by atoms with Crippen molar-refractivity contribution in [1.29, 1.82) is 0 Å². The van der Waals surface area contributed by atoms with Gasteiger partial charge in [-0.1, -0.05) is 29.3 Å². The highest BCUT2D eigenvalue weighted by atomic mass is 35.5. The molecule has 1 heterocycles. The van der Waals surface area contributed by atoms with E-state index < -0.39 is 0 Å². The van der Waals surface area contributed by atoms with Crippen molar-refractivity contribution in [2.24, 2.45) is 0 Å². The van der Waals surface area contributed by atoms with Crippen LogP contribution in [-0.4, -0.2) is 54.5 Å². The van der Waals surface area contributed by atoms with Crippen LogP contribution in [0.5, 0.6) is 0 Å². The molecule has 0 radical (unpaired) electrons. The Morgan fingerprint density at radius 2 is 1.83 bits per heavy atom. The highest BCUT2D eigenvalue weighted by Gasteiger charge is 2.31. The van der Waals surface area contributed by atoms with Gasteiger partial charge in [0, 0.05) is 43.3 Å². The van der Waals surface area contributed by atoms with E-state index in [1.807, 2.05) is 24.0 Å². The summed E-state index contributed by atoms with van der Waals surface area (Å²) >= 11 is 12.2. The molecular weight excluding hydrogens is 412 g/mol. The Bertz CT molecular complexity index is 872. The van der Waals surface area contributed by atoms with Gasteiger partial charge >= 0.3 is 6.03 Å². The van der Waals surface area contributed by atoms with E-state index in [4.69, 9.17) is 23.2 Å². The van der Waals surface area contributed by atoms with Crippen LogP contribution in [0.15, 0.2) is 36.4 Å². The smallest absolute Gasteiger partial charge is 0.320 e. The molecule has 156 valence electrons. The third-order valence-electron chi connectivity index (χ3n) is 5.39. The Labute approximate surface area is 181 Å². The van der Waals surface area contributed by atoms with E-state index in [1.54, 1.807) is 24.1 Å². The van der Waals surface area contributed by atoms with E-state index in [0.29, 0.717) is 23.1 Å². The molecule has 1 aliphatic heterocycles. The minimum absolute atomic E-state index is 0.0647. The molecular formula is C22H26Cl2FN3O. The topological polar surface area (TPSA) is 26.8 Å². The lowest BCUT2D eigenvalue weighted by atomic mass is 9.97. The maximum Gasteiger partial charge on any atom is 0.320 e. The van der Waals surface area contributed by atoms with Crippen LogP contribution in [0, 0.1) is 12.7 Å². The molecule has 2 aromatic rings. The minimum atomic E-state index is -0.259. The van der Waals surface area contributed by atoms with Crippen LogP contribution in [0.1, 0.15) is 29.2 Å². The lowest BCUT2D eigenvalue weighted by Gasteiger charge is -2.34. The van der Waals surface area contributed by atoms with Gasteiger partial charge in [-0.2, -0.15) is 0 Å². The van der Waals surface area contributed by atoms with Gasteiger partial charge in [-0.05, 0) is 67.4 Å². The van der Waals surface area contributed by atoms with Gasteiger partial charge in [-0.25, -0.2) is 9.18 Å². The Hall–Kier alpha value is -1.82. The zero-order chi connectivity index (χ0) is 21.1. The lowest BCUT2D eigenvalue weighted by Crippen LogP contribution is -2.44. The van der Waals surface area contributed by atoms with Gasteiger partial charge in [-0.15, -0.1) is 0 Å². The van der Waals surface area contributed by atoms with Gasteiger partial charge in [0.1, 0.15) is 5.82 Å². The summed E-state index contributed by atoms with van der Waals surface area (Å²) in [5.41, 5.74) is 2.73. The SMILES string of the molecule is Cc1cc(F)ccc1[C@H]1CCN(C)CCN1C(=O)N(C)Cc1cc(Cl)cc(Cl)c1. The molecule has 1 aliphatic rings. The van der Waals surface area contributed by atoms with Crippen LogP contribution >= 0.6 is 23.2 Å². The molecule has 0 aromatic heterocycles. The number of halogens is 3. The van der Waals surface area contributed by atoms with Crippen molar-refractivity contribution >= 4 is 29.2 Å². The third kappa shape index (κ3) is 5.41. The molecule has 29 heavy (non-hydrogen) atoms. The monoisotopic (exact) mass is 437 g/mol. The van der Waals surface area contributed by atoms with E-state index in [2.05, 4.69) is 11.9 Å². The van der Waals surface area contributed by atoms with Crippen molar-refractivity contribution in [2.45, 2.75) is 25.9 Å². The Kier molecular flexibility index (Phi) is 7.04. The number of amides is 2. The Balaban J connectivity index is 1.85. The maximum atomic E-state index is 13.6. The first-order chi connectivity index (χ1) is 13.7. The molecule has 1 fully saturated rings. The number of hydrogen-bond acceptors (Lipinski definition) is 2.